The minimum atomic E-state index is -1.23. The Bertz CT molecular complexity index is 1060. The maximum Gasteiger partial charge on any atom is 0.326 e. The molecule has 19 heteroatoms. The van der Waals surface area contributed by atoms with Crippen molar-refractivity contribution in [3.63, 3.8) is 0 Å². The molecular formula is C27H53N13O6. The number of nitrogens with zero attached hydrogens (tertiary/aromatic N) is 3. The van der Waals surface area contributed by atoms with Crippen LogP contribution in [0.25, 0.3) is 0 Å². The van der Waals surface area contributed by atoms with E-state index in [4.69, 9.17) is 40.1 Å². The number of amides is 4. The number of aliphatic imine (C=N–C) groups is 2. The van der Waals surface area contributed by atoms with E-state index in [1.807, 2.05) is 0 Å². The summed E-state index contributed by atoms with van der Waals surface area (Å²) in [6, 6.07) is -4.82. The zero-order valence-corrected chi connectivity index (χ0v) is 26.4. The van der Waals surface area contributed by atoms with Gasteiger partial charge in [-0.25, -0.2) is 4.79 Å². The molecule has 262 valence electrons. The Labute approximate surface area is 268 Å². The van der Waals surface area contributed by atoms with E-state index in [2.05, 4.69) is 25.9 Å². The minimum absolute atomic E-state index is 0.0209. The molecule has 0 bridgehead atoms. The number of nitrogens with one attached hydrogen (secondary N) is 3. The van der Waals surface area contributed by atoms with Gasteiger partial charge in [-0.15, -0.1) is 0 Å². The molecule has 0 radical (unpaired) electrons. The van der Waals surface area contributed by atoms with E-state index in [0.29, 0.717) is 70.9 Å². The van der Waals surface area contributed by atoms with Gasteiger partial charge in [-0.3, -0.25) is 29.2 Å². The first-order valence-corrected chi connectivity index (χ1v) is 15.5. The molecule has 46 heavy (non-hydrogen) atoms. The highest BCUT2D eigenvalue weighted by Crippen LogP contribution is 2.19. The Hall–Kier alpha value is -4.23. The van der Waals surface area contributed by atoms with Crippen LogP contribution in [0.5, 0.6) is 0 Å². The van der Waals surface area contributed by atoms with Gasteiger partial charge in [-0.1, -0.05) is 0 Å². The Balaban J connectivity index is 2.50. The Morgan fingerprint density at radius 3 is 1.96 bits per heavy atom. The molecule has 1 unspecified atom stereocenters. The second-order valence-electron chi connectivity index (χ2n) is 11.1. The summed E-state index contributed by atoms with van der Waals surface area (Å²) in [7, 11) is 0. The van der Waals surface area contributed by atoms with Crippen molar-refractivity contribution in [2.75, 3.05) is 32.7 Å². The van der Waals surface area contributed by atoms with Crippen LogP contribution in [0.4, 0.5) is 0 Å². The molecule has 1 saturated heterocycles. The first-order chi connectivity index (χ1) is 21.8. The number of nitrogens with two attached hydrogens (primary N) is 7. The average molecular weight is 656 g/mol. The van der Waals surface area contributed by atoms with Crippen molar-refractivity contribution in [1.29, 1.82) is 0 Å². The molecule has 1 rings (SSSR count). The van der Waals surface area contributed by atoms with Crippen LogP contribution in [0.3, 0.4) is 0 Å². The van der Waals surface area contributed by atoms with E-state index >= 15 is 0 Å². The van der Waals surface area contributed by atoms with Crippen LogP contribution >= 0.6 is 0 Å². The van der Waals surface area contributed by atoms with Crippen LogP contribution in [0.1, 0.15) is 64.2 Å². The topological polar surface area (TPSA) is 352 Å². The lowest BCUT2D eigenvalue weighted by Gasteiger charge is -2.29. The molecule has 0 spiro atoms. The molecule has 5 atom stereocenters. The molecule has 0 aromatic rings. The number of rotatable bonds is 22. The molecule has 0 saturated carbocycles. The van der Waals surface area contributed by atoms with Gasteiger partial charge < -0.3 is 66.1 Å². The first-order valence-electron chi connectivity index (χ1n) is 15.5. The summed E-state index contributed by atoms with van der Waals surface area (Å²) in [5, 5.41) is 17.3. The Morgan fingerprint density at radius 1 is 0.783 bits per heavy atom. The monoisotopic (exact) mass is 655 g/mol. The Morgan fingerprint density at radius 2 is 1.37 bits per heavy atom. The van der Waals surface area contributed by atoms with Gasteiger partial charge >= 0.3 is 5.97 Å². The number of guanidine groups is 2. The van der Waals surface area contributed by atoms with Crippen LogP contribution in [-0.4, -0.2) is 114 Å². The van der Waals surface area contributed by atoms with Crippen molar-refractivity contribution < 1.29 is 29.1 Å². The summed E-state index contributed by atoms with van der Waals surface area (Å²) >= 11 is 0. The molecule has 18 N–H and O–H groups in total. The highest BCUT2D eigenvalue weighted by molar-refractivity contribution is 5.94. The number of carbonyl (C=O) groups is 5. The second-order valence-corrected chi connectivity index (χ2v) is 11.1. The van der Waals surface area contributed by atoms with Crippen molar-refractivity contribution in [1.82, 2.24) is 20.9 Å². The molecule has 1 aliphatic heterocycles. The SMILES string of the molecule is NC[C@H](NC(=O)[C@@H](N)CCCCNC(=O)C(N)CCCCN=C(N)N)C(=O)N1CCC[C@H]1C(=O)N[C@@H](CCCN=C(N)N)C(=O)O. The summed E-state index contributed by atoms with van der Waals surface area (Å²) in [5.41, 5.74) is 38.8. The Kier molecular flexibility index (Phi) is 18.6. The fraction of sp³-hybridized carbons (Fsp3) is 0.741. The van der Waals surface area contributed by atoms with E-state index in [-0.39, 0.29) is 43.9 Å². The fourth-order valence-corrected chi connectivity index (χ4v) is 4.81. The normalized spacial score (nSPS) is 16.8. The molecule has 0 aromatic carbocycles. The number of carboxylic acid groups (broad SMARTS) is 1. The predicted octanol–water partition coefficient (Wildman–Crippen LogP) is -4.57. The quantitative estimate of drug-likeness (QED) is 0.0297. The zero-order valence-electron chi connectivity index (χ0n) is 26.4. The molecule has 0 aliphatic carbocycles. The van der Waals surface area contributed by atoms with E-state index in [9.17, 15) is 29.1 Å². The smallest absolute Gasteiger partial charge is 0.326 e. The molecule has 4 amide bonds. The lowest BCUT2D eigenvalue weighted by molar-refractivity contribution is -0.145. The van der Waals surface area contributed by atoms with Gasteiger partial charge in [-0.05, 0) is 64.2 Å². The van der Waals surface area contributed by atoms with E-state index < -0.39 is 53.9 Å². The third-order valence-electron chi connectivity index (χ3n) is 7.38. The fourth-order valence-electron chi connectivity index (χ4n) is 4.81. The van der Waals surface area contributed by atoms with Crippen molar-refractivity contribution >= 4 is 41.5 Å². The maximum atomic E-state index is 13.3. The van der Waals surface area contributed by atoms with Gasteiger partial charge in [0.15, 0.2) is 11.9 Å². The first kappa shape index (κ1) is 39.8. The number of aliphatic carboxylic acids is 1. The summed E-state index contributed by atoms with van der Waals surface area (Å²) < 4.78 is 0. The van der Waals surface area contributed by atoms with Crippen molar-refractivity contribution in [3.05, 3.63) is 0 Å². The summed E-state index contributed by atoms with van der Waals surface area (Å²) in [5.74, 6) is -3.36. The average Bonchev–Trinajstić information content (AvgIpc) is 3.50. The van der Waals surface area contributed by atoms with Gasteiger partial charge in [0.25, 0.3) is 0 Å². The number of likely N-dealkylation sites (tertiary alicyclic amines) is 1. The third-order valence-corrected chi connectivity index (χ3v) is 7.38. The molecule has 1 aliphatic rings. The summed E-state index contributed by atoms with van der Waals surface area (Å²) in [6.07, 6.45) is 4.50. The van der Waals surface area contributed by atoms with Gasteiger partial charge in [0, 0.05) is 32.7 Å². The van der Waals surface area contributed by atoms with Crippen LogP contribution in [0.15, 0.2) is 9.98 Å². The minimum Gasteiger partial charge on any atom is -0.480 e. The van der Waals surface area contributed by atoms with Crippen molar-refractivity contribution in [3.8, 4) is 0 Å². The molecule has 1 heterocycles. The van der Waals surface area contributed by atoms with Crippen molar-refractivity contribution in [2.45, 2.75) is 94.4 Å². The standard InChI is InChI=1S/C27H53N13O6/c28-15-19(24(44)40-14-6-10-20(40)23(43)38-18(25(45)46)9-5-13-37-27(33)34)39-22(42)17(30)8-1-3-11-35-21(41)16(29)7-2-4-12-36-26(31)32/h16-20H,1-15,28-30H2,(H,35,41)(H,38,43)(H,39,42)(H,45,46)(H4,31,32,36)(H4,33,34,37)/t16?,17-,18-,19-,20-/m0/s1. The summed E-state index contributed by atoms with van der Waals surface area (Å²) in [4.78, 5) is 71.8. The number of hydrogen-bond acceptors (Lipinski definition) is 10. The third kappa shape index (κ3) is 15.2. The van der Waals surface area contributed by atoms with Crippen LogP contribution in [0.2, 0.25) is 0 Å². The van der Waals surface area contributed by atoms with E-state index in [1.165, 1.54) is 4.90 Å². The van der Waals surface area contributed by atoms with E-state index in [0.717, 1.165) is 0 Å². The summed E-state index contributed by atoms with van der Waals surface area (Å²) in [6.45, 7) is 1.04. The lowest BCUT2D eigenvalue weighted by atomic mass is 10.1. The van der Waals surface area contributed by atoms with Crippen LogP contribution in [-0.2, 0) is 24.0 Å². The molecular weight excluding hydrogens is 602 g/mol. The van der Waals surface area contributed by atoms with E-state index in [1.54, 1.807) is 0 Å². The lowest BCUT2D eigenvalue weighted by Crippen LogP contribution is -2.58. The van der Waals surface area contributed by atoms with Crippen LogP contribution in [0, 0.1) is 0 Å². The predicted molar refractivity (Wildman–Crippen MR) is 173 cm³/mol. The zero-order chi connectivity index (χ0) is 34.6. The molecule has 19 nitrogen and oxygen atoms in total. The number of carbonyl (C=O) groups excluding carboxylic acids is 4. The molecule has 1 fully saturated rings. The highest BCUT2D eigenvalue weighted by Gasteiger charge is 2.38. The highest BCUT2D eigenvalue weighted by atomic mass is 16.4. The van der Waals surface area contributed by atoms with Gasteiger partial charge in [0.1, 0.15) is 18.1 Å². The van der Waals surface area contributed by atoms with Gasteiger partial charge in [0.05, 0.1) is 12.1 Å². The van der Waals surface area contributed by atoms with Crippen molar-refractivity contribution in [2.24, 2.45) is 50.1 Å². The van der Waals surface area contributed by atoms with Crippen LogP contribution < -0.4 is 56.1 Å². The second kappa shape index (κ2) is 21.5. The largest absolute Gasteiger partial charge is 0.480 e. The number of hydrogen-bond donors (Lipinski definition) is 11. The van der Waals surface area contributed by atoms with Gasteiger partial charge in [-0.2, -0.15) is 0 Å². The van der Waals surface area contributed by atoms with Gasteiger partial charge in [0.2, 0.25) is 23.6 Å². The number of carboxylic acids is 1. The molecule has 0 aromatic heterocycles. The number of unbranched alkanes of at least 4 members (excludes halogenated alkanes) is 2. The maximum absolute atomic E-state index is 13.3.